The first kappa shape index (κ1) is 16.5. The number of carbonyl (C=O) groups is 2. The maximum Gasteiger partial charge on any atom is 0.404 e. The Morgan fingerprint density at radius 2 is 1.76 bits per heavy atom. The van der Waals surface area contributed by atoms with Gasteiger partial charge in [-0.05, 0) is 35.9 Å². The number of amides is 2. The SMILES string of the molecule is O=C(O)NCCNC(=O)c1ccc(-c2c[nH]c3cc(F)ccc23)cc1. The molecule has 0 unspecified atom stereocenters. The Hall–Kier alpha value is -3.35. The second kappa shape index (κ2) is 7.04. The molecule has 6 nitrogen and oxygen atoms in total. The highest BCUT2D eigenvalue weighted by atomic mass is 19.1. The van der Waals surface area contributed by atoms with E-state index in [0.717, 1.165) is 16.5 Å². The predicted molar refractivity (Wildman–Crippen MR) is 92.1 cm³/mol. The summed E-state index contributed by atoms with van der Waals surface area (Å²) < 4.78 is 13.3. The van der Waals surface area contributed by atoms with Gasteiger partial charge in [0.05, 0.1) is 0 Å². The lowest BCUT2D eigenvalue weighted by Gasteiger charge is -2.06. The molecule has 2 amide bonds. The molecule has 0 bridgehead atoms. The largest absolute Gasteiger partial charge is 0.465 e. The highest BCUT2D eigenvalue weighted by Crippen LogP contribution is 2.29. The van der Waals surface area contributed by atoms with E-state index in [-0.39, 0.29) is 24.8 Å². The minimum atomic E-state index is -1.13. The van der Waals surface area contributed by atoms with Gasteiger partial charge >= 0.3 is 6.09 Å². The summed E-state index contributed by atoms with van der Waals surface area (Å²) in [6.45, 7) is 0.353. The van der Waals surface area contributed by atoms with Crippen LogP contribution < -0.4 is 10.6 Å². The van der Waals surface area contributed by atoms with Gasteiger partial charge in [0.25, 0.3) is 5.91 Å². The number of carbonyl (C=O) groups excluding carboxylic acids is 1. The third-order valence-electron chi connectivity index (χ3n) is 3.79. The van der Waals surface area contributed by atoms with Crippen molar-refractivity contribution in [2.24, 2.45) is 0 Å². The van der Waals surface area contributed by atoms with Gasteiger partial charge in [-0.1, -0.05) is 12.1 Å². The number of hydrogen-bond donors (Lipinski definition) is 4. The van der Waals surface area contributed by atoms with E-state index in [2.05, 4.69) is 15.6 Å². The number of aromatic nitrogens is 1. The average Bonchev–Trinajstić information content (AvgIpc) is 3.01. The fourth-order valence-corrected chi connectivity index (χ4v) is 2.59. The molecule has 3 rings (SSSR count). The van der Waals surface area contributed by atoms with Gasteiger partial charge < -0.3 is 20.7 Å². The van der Waals surface area contributed by atoms with Gasteiger partial charge in [-0.3, -0.25) is 4.79 Å². The van der Waals surface area contributed by atoms with Crippen LogP contribution in [0, 0.1) is 5.82 Å². The van der Waals surface area contributed by atoms with E-state index in [1.165, 1.54) is 12.1 Å². The molecule has 0 aliphatic heterocycles. The maximum atomic E-state index is 13.3. The predicted octanol–water partition coefficient (Wildman–Crippen LogP) is 2.97. The van der Waals surface area contributed by atoms with Crippen molar-refractivity contribution < 1.29 is 19.1 Å². The van der Waals surface area contributed by atoms with Gasteiger partial charge in [-0.25, -0.2) is 9.18 Å². The molecular formula is C18H16FN3O3. The summed E-state index contributed by atoms with van der Waals surface area (Å²) in [5, 5.41) is 14.2. The van der Waals surface area contributed by atoms with Crippen molar-refractivity contribution in [1.29, 1.82) is 0 Å². The second-order valence-electron chi connectivity index (χ2n) is 5.46. The van der Waals surface area contributed by atoms with Crippen LogP contribution in [-0.4, -0.2) is 35.2 Å². The van der Waals surface area contributed by atoms with Crippen LogP contribution in [-0.2, 0) is 0 Å². The van der Waals surface area contributed by atoms with Crippen molar-refractivity contribution in [3.63, 3.8) is 0 Å². The van der Waals surface area contributed by atoms with Crippen LogP contribution in [0.5, 0.6) is 0 Å². The first-order valence-corrected chi connectivity index (χ1v) is 7.66. The van der Waals surface area contributed by atoms with E-state index in [4.69, 9.17) is 5.11 Å². The van der Waals surface area contributed by atoms with Crippen molar-refractivity contribution in [2.75, 3.05) is 13.1 Å². The Morgan fingerprint density at radius 3 is 2.48 bits per heavy atom. The first-order valence-electron chi connectivity index (χ1n) is 7.66. The first-order chi connectivity index (χ1) is 12.0. The highest BCUT2D eigenvalue weighted by molar-refractivity contribution is 5.97. The number of rotatable bonds is 5. The van der Waals surface area contributed by atoms with Gasteiger partial charge in [0.15, 0.2) is 0 Å². The molecule has 1 heterocycles. The molecule has 25 heavy (non-hydrogen) atoms. The van der Waals surface area contributed by atoms with Gasteiger partial charge in [-0.15, -0.1) is 0 Å². The Labute approximate surface area is 142 Å². The Morgan fingerprint density at radius 1 is 1.04 bits per heavy atom. The molecular weight excluding hydrogens is 325 g/mol. The minimum Gasteiger partial charge on any atom is -0.465 e. The fraction of sp³-hybridized carbons (Fsp3) is 0.111. The zero-order valence-corrected chi connectivity index (χ0v) is 13.2. The lowest BCUT2D eigenvalue weighted by Crippen LogP contribution is -2.33. The lowest BCUT2D eigenvalue weighted by molar-refractivity contribution is 0.0953. The minimum absolute atomic E-state index is 0.144. The summed E-state index contributed by atoms with van der Waals surface area (Å²) in [5.41, 5.74) is 3.02. The van der Waals surface area contributed by atoms with Gasteiger partial charge in [0.2, 0.25) is 0 Å². The van der Waals surface area contributed by atoms with E-state index in [1.807, 2.05) is 12.1 Å². The van der Waals surface area contributed by atoms with Crippen LogP contribution in [0.4, 0.5) is 9.18 Å². The topological polar surface area (TPSA) is 94.2 Å². The zero-order valence-electron chi connectivity index (χ0n) is 13.2. The van der Waals surface area contributed by atoms with Crippen LogP contribution >= 0.6 is 0 Å². The maximum absolute atomic E-state index is 13.3. The Balaban J connectivity index is 1.71. The van der Waals surface area contributed by atoms with E-state index in [0.29, 0.717) is 11.1 Å². The van der Waals surface area contributed by atoms with Crippen LogP contribution in [0.3, 0.4) is 0 Å². The number of carboxylic acid groups (broad SMARTS) is 1. The number of halogens is 1. The summed E-state index contributed by atoms with van der Waals surface area (Å²) >= 11 is 0. The highest BCUT2D eigenvalue weighted by Gasteiger charge is 2.09. The van der Waals surface area contributed by atoms with Gasteiger partial charge in [0, 0.05) is 41.3 Å². The quantitative estimate of drug-likeness (QED) is 0.537. The van der Waals surface area contributed by atoms with E-state index in [9.17, 15) is 14.0 Å². The molecule has 0 aliphatic rings. The van der Waals surface area contributed by atoms with Gasteiger partial charge in [0.1, 0.15) is 5.82 Å². The number of H-pyrrole nitrogens is 1. The summed E-state index contributed by atoms with van der Waals surface area (Å²) in [6, 6.07) is 11.6. The van der Waals surface area contributed by atoms with Crippen LogP contribution in [0.2, 0.25) is 0 Å². The van der Waals surface area contributed by atoms with Crippen molar-refractivity contribution in [3.05, 3.63) is 60.0 Å². The molecule has 0 radical (unpaired) electrons. The lowest BCUT2D eigenvalue weighted by atomic mass is 10.0. The Bertz CT molecular complexity index is 919. The van der Waals surface area contributed by atoms with Crippen LogP contribution in [0.15, 0.2) is 48.7 Å². The second-order valence-corrected chi connectivity index (χ2v) is 5.46. The van der Waals surface area contributed by atoms with Gasteiger partial charge in [-0.2, -0.15) is 0 Å². The van der Waals surface area contributed by atoms with Crippen molar-refractivity contribution >= 4 is 22.9 Å². The van der Waals surface area contributed by atoms with Crippen molar-refractivity contribution in [1.82, 2.24) is 15.6 Å². The Kier molecular flexibility index (Phi) is 4.65. The standard InChI is InChI=1S/C18H16FN3O3/c19-13-5-6-14-15(10-22-16(14)9-13)11-1-3-12(4-2-11)17(23)20-7-8-21-18(24)25/h1-6,9-10,21-22H,7-8H2,(H,20,23)(H,24,25). The molecule has 7 heteroatoms. The van der Waals surface area contributed by atoms with E-state index < -0.39 is 6.09 Å². The molecule has 128 valence electrons. The van der Waals surface area contributed by atoms with Crippen LogP contribution in [0.25, 0.3) is 22.0 Å². The molecule has 0 spiro atoms. The third kappa shape index (κ3) is 3.77. The number of fused-ring (bicyclic) bond motifs is 1. The molecule has 4 N–H and O–H groups in total. The zero-order chi connectivity index (χ0) is 17.8. The monoisotopic (exact) mass is 341 g/mol. The smallest absolute Gasteiger partial charge is 0.404 e. The molecule has 3 aromatic rings. The van der Waals surface area contributed by atoms with E-state index >= 15 is 0 Å². The third-order valence-corrected chi connectivity index (χ3v) is 3.79. The summed E-state index contributed by atoms with van der Waals surface area (Å²) in [7, 11) is 0. The summed E-state index contributed by atoms with van der Waals surface area (Å²) in [5.74, 6) is -0.579. The molecule has 0 saturated heterocycles. The number of benzene rings is 2. The molecule has 2 aromatic carbocycles. The van der Waals surface area contributed by atoms with E-state index in [1.54, 1.807) is 24.4 Å². The molecule has 0 fully saturated rings. The van der Waals surface area contributed by atoms with Crippen molar-refractivity contribution in [3.8, 4) is 11.1 Å². The molecule has 0 atom stereocenters. The molecule has 0 saturated carbocycles. The average molecular weight is 341 g/mol. The number of aromatic amines is 1. The molecule has 0 aliphatic carbocycles. The normalized spacial score (nSPS) is 10.6. The number of hydrogen-bond acceptors (Lipinski definition) is 2. The fourth-order valence-electron chi connectivity index (χ4n) is 2.59. The van der Waals surface area contributed by atoms with Crippen LogP contribution in [0.1, 0.15) is 10.4 Å². The van der Waals surface area contributed by atoms with Crippen molar-refractivity contribution in [2.45, 2.75) is 0 Å². The summed E-state index contributed by atoms with van der Waals surface area (Å²) in [6.07, 6.45) is 0.675. The summed E-state index contributed by atoms with van der Waals surface area (Å²) in [4.78, 5) is 25.4. The number of nitrogens with one attached hydrogen (secondary N) is 3. The molecule has 1 aromatic heterocycles.